The van der Waals surface area contributed by atoms with Crippen molar-refractivity contribution in [3.8, 4) is 5.75 Å². The molecule has 7 heteroatoms. The monoisotopic (exact) mass is 319 g/mol. The first-order valence-corrected chi connectivity index (χ1v) is 7.36. The number of hydrogen-bond donors (Lipinski definition) is 1. The lowest BCUT2D eigenvalue weighted by Crippen LogP contribution is -2.25. The van der Waals surface area contributed by atoms with E-state index >= 15 is 0 Å². The van der Waals surface area contributed by atoms with Gasteiger partial charge in [0.1, 0.15) is 29.8 Å². The van der Waals surface area contributed by atoms with Gasteiger partial charge in [-0.15, -0.1) is 0 Å². The van der Waals surface area contributed by atoms with Crippen molar-refractivity contribution in [3.05, 3.63) is 50.8 Å². The molecule has 0 bridgehead atoms. The Morgan fingerprint density at radius 3 is 2.43 bits per heavy atom. The van der Waals surface area contributed by atoms with Crippen LogP contribution in [0.2, 0.25) is 0 Å². The van der Waals surface area contributed by atoms with Crippen LogP contribution in [0.1, 0.15) is 22.5 Å². The molecule has 0 aliphatic carbocycles. The van der Waals surface area contributed by atoms with Gasteiger partial charge in [-0.1, -0.05) is 18.2 Å². The van der Waals surface area contributed by atoms with Crippen LogP contribution in [0, 0.1) is 37.8 Å². The molecule has 1 aromatic carbocycles. The molecule has 1 heterocycles. The van der Waals surface area contributed by atoms with Crippen LogP contribution < -0.4 is 4.74 Å². The van der Waals surface area contributed by atoms with E-state index in [9.17, 15) is 15.2 Å². The van der Waals surface area contributed by atoms with Gasteiger partial charge in [-0.3, -0.25) is 14.8 Å². The molecule has 0 fully saturated rings. The molecule has 0 spiro atoms. The molecule has 1 N–H and O–H groups in total. The van der Waals surface area contributed by atoms with Gasteiger partial charge in [-0.25, -0.2) is 0 Å². The zero-order chi connectivity index (χ0) is 17.1. The van der Waals surface area contributed by atoms with Crippen LogP contribution in [-0.4, -0.2) is 32.5 Å². The highest BCUT2D eigenvalue weighted by Gasteiger charge is 2.23. The SMILES string of the molecule is Cc1cccc(C)c1OCC(O)Cn1nc(C)c([N+](=O)[O-])c1C. The summed E-state index contributed by atoms with van der Waals surface area (Å²) in [6.45, 7) is 7.33. The molecule has 0 aliphatic rings. The van der Waals surface area contributed by atoms with Crippen LogP contribution in [0.5, 0.6) is 5.75 Å². The zero-order valence-electron chi connectivity index (χ0n) is 13.7. The molecule has 23 heavy (non-hydrogen) atoms. The van der Waals surface area contributed by atoms with E-state index in [0.29, 0.717) is 11.4 Å². The highest BCUT2D eigenvalue weighted by atomic mass is 16.6. The summed E-state index contributed by atoms with van der Waals surface area (Å²) in [4.78, 5) is 10.5. The fourth-order valence-corrected chi connectivity index (χ4v) is 2.59. The number of benzene rings is 1. The summed E-state index contributed by atoms with van der Waals surface area (Å²) < 4.78 is 7.15. The van der Waals surface area contributed by atoms with Gasteiger partial charge < -0.3 is 9.84 Å². The predicted molar refractivity (Wildman–Crippen MR) is 85.8 cm³/mol. The minimum absolute atomic E-state index is 0.00660. The van der Waals surface area contributed by atoms with E-state index in [1.165, 1.54) is 4.68 Å². The molecule has 0 amide bonds. The normalized spacial score (nSPS) is 12.2. The number of hydrogen-bond acceptors (Lipinski definition) is 5. The first kappa shape index (κ1) is 17.0. The summed E-state index contributed by atoms with van der Waals surface area (Å²) >= 11 is 0. The van der Waals surface area contributed by atoms with Gasteiger partial charge >= 0.3 is 5.69 Å². The summed E-state index contributed by atoms with van der Waals surface area (Å²) in [5.74, 6) is 0.755. The maximum absolute atomic E-state index is 11.0. The summed E-state index contributed by atoms with van der Waals surface area (Å²) in [6, 6.07) is 5.83. The lowest BCUT2D eigenvalue weighted by atomic mass is 10.1. The predicted octanol–water partition coefficient (Wildman–Crippen LogP) is 2.46. The summed E-state index contributed by atoms with van der Waals surface area (Å²) in [7, 11) is 0. The van der Waals surface area contributed by atoms with Crippen LogP contribution in [0.4, 0.5) is 5.69 Å². The molecule has 2 aromatic rings. The maximum Gasteiger partial charge on any atom is 0.312 e. The van der Waals surface area contributed by atoms with Gasteiger partial charge in [0, 0.05) is 0 Å². The highest BCUT2D eigenvalue weighted by molar-refractivity contribution is 5.40. The maximum atomic E-state index is 11.0. The number of ether oxygens (including phenoxy) is 1. The van der Waals surface area contributed by atoms with Crippen molar-refractivity contribution >= 4 is 5.69 Å². The molecule has 0 aliphatic heterocycles. The van der Waals surface area contributed by atoms with Crippen molar-refractivity contribution in [1.82, 2.24) is 9.78 Å². The number of aliphatic hydroxyl groups excluding tert-OH is 1. The lowest BCUT2D eigenvalue weighted by Gasteiger charge is -2.16. The second-order valence-corrected chi connectivity index (χ2v) is 5.64. The van der Waals surface area contributed by atoms with Gasteiger partial charge in [-0.05, 0) is 38.8 Å². The van der Waals surface area contributed by atoms with E-state index in [1.54, 1.807) is 13.8 Å². The van der Waals surface area contributed by atoms with Crippen molar-refractivity contribution in [2.24, 2.45) is 0 Å². The van der Waals surface area contributed by atoms with Gasteiger partial charge in [0.2, 0.25) is 0 Å². The van der Waals surface area contributed by atoms with Crippen molar-refractivity contribution in [2.75, 3.05) is 6.61 Å². The Morgan fingerprint density at radius 1 is 1.30 bits per heavy atom. The van der Waals surface area contributed by atoms with Gasteiger partial charge in [0.05, 0.1) is 11.5 Å². The van der Waals surface area contributed by atoms with Crippen LogP contribution in [0.25, 0.3) is 0 Å². The van der Waals surface area contributed by atoms with Crippen LogP contribution in [0.15, 0.2) is 18.2 Å². The third-order valence-corrected chi connectivity index (χ3v) is 3.74. The molecule has 1 unspecified atom stereocenters. The molecule has 7 nitrogen and oxygen atoms in total. The first-order chi connectivity index (χ1) is 10.8. The Labute approximate surface area is 134 Å². The standard InChI is InChI=1S/C16H21N3O4/c1-10-6-5-7-11(2)16(10)23-9-14(20)8-18-13(4)15(19(21)22)12(3)17-18/h5-7,14,20H,8-9H2,1-4H3. The van der Waals surface area contributed by atoms with Crippen molar-refractivity contribution in [1.29, 1.82) is 0 Å². The second-order valence-electron chi connectivity index (χ2n) is 5.64. The molecule has 0 saturated heterocycles. The van der Waals surface area contributed by atoms with Crippen molar-refractivity contribution < 1.29 is 14.8 Å². The second kappa shape index (κ2) is 6.78. The minimum Gasteiger partial charge on any atom is -0.490 e. The Balaban J connectivity index is 2.05. The Morgan fingerprint density at radius 2 is 1.91 bits per heavy atom. The fraction of sp³-hybridized carbons (Fsp3) is 0.438. The Kier molecular flexibility index (Phi) is 5.00. The zero-order valence-corrected chi connectivity index (χ0v) is 13.7. The topological polar surface area (TPSA) is 90.4 Å². The molecule has 2 rings (SSSR count). The molecule has 0 saturated carbocycles. The van der Waals surface area contributed by atoms with Crippen LogP contribution >= 0.6 is 0 Å². The third-order valence-electron chi connectivity index (χ3n) is 3.74. The van der Waals surface area contributed by atoms with Gasteiger partial charge in [0.15, 0.2) is 0 Å². The number of para-hydroxylation sites is 1. The highest BCUT2D eigenvalue weighted by Crippen LogP contribution is 2.24. The first-order valence-electron chi connectivity index (χ1n) is 7.36. The largest absolute Gasteiger partial charge is 0.490 e. The molecule has 0 radical (unpaired) electrons. The lowest BCUT2D eigenvalue weighted by molar-refractivity contribution is -0.386. The van der Waals surface area contributed by atoms with E-state index in [-0.39, 0.29) is 18.8 Å². The average Bonchev–Trinajstić information content (AvgIpc) is 2.72. The van der Waals surface area contributed by atoms with E-state index in [0.717, 1.165) is 16.9 Å². The summed E-state index contributed by atoms with van der Waals surface area (Å²) in [5.41, 5.74) is 2.76. The average molecular weight is 319 g/mol. The van der Waals surface area contributed by atoms with Crippen molar-refractivity contribution in [2.45, 2.75) is 40.3 Å². The minimum atomic E-state index is -0.813. The molecule has 1 aromatic heterocycles. The van der Waals surface area contributed by atoms with Crippen LogP contribution in [-0.2, 0) is 6.54 Å². The Bertz CT molecular complexity index is 704. The third kappa shape index (κ3) is 3.68. The van der Waals surface area contributed by atoms with E-state index < -0.39 is 11.0 Å². The summed E-state index contributed by atoms with van der Waals surface area (Å²) in [5, 5.41) is 25.3. The number of nitro groups is 1. The molecular weight excluding hydrogens is 298 g/mol. The fourth-order valence-electron chi connectivity index (χ4n) is 2.59. The number of aromatic nitrogens is 2. The number of aryl methyl sites for hydroxylation is 3. The molecular formula is C16H21N3O4. The Hall–Kier alpha value is -2.41. The molecule has 124 valence electrons. The van der Waals surface area contributed by atoms with E-state index in [4.69, 9.17) is 4.74 Å². The number of rotatable bonds is 6. The van der Waals surface area contributed by atoms with Gasteiger partial charge in [-0.2, -0.15) is 5.10 Å². The van der Waals surface area contributed by atoms with E-state index in [1.807, 2.05) is 32.0 Å². The van der Waals surface area contributed by atoms with E-state index in [2.05, 4.69) is 5.10 Å². The van der Waals surface area contributed by atoms with Crippen LogP contribution in [0.3, 0.4) is 0 Å². The number of aliphatic hydroxyl groups is 1. The quantitative estimate of drug-likeness (QED) is 0.652. The van der Waals surface area contributed by atoms with Crippen molar-refractivity contribution in [3.63, 3.8) is 0 Å². The smallest absolute Gasteiger partial charge is 0.312 e. The summed E-state index contributed by atoms with van der Waals surface area (Å²) in [6.07, 6.45) is -0.813. The molecule has 1 atom stereocenters. The number of nitrogens with zero attached hydrogens (tertiary/aromatic N) is 3. The van der Waals surface area contributed by atoms with Gasteiger partial charge in [0.25, 0.3) is 0 Å².